The lowest BCUT2D eigenvalue weighted by molar-refractivity contribution is 0.0674. The van der Waals surface area contributed by atoms with E-state index in [0.29, 0.717) is 31.2 Å². The predicted octanol–water partition coefficient (Wildman–Crippen LogP) is 1.63. The number of hydrogen-bond donors (Lipinski definition) is 0. The van der Waals surface area contributed by atoms with Crippen LogP contribution in [0, 0.1) is 13.8 Å². The summed E-state index contributed by atoms with van der Waals surface area (Å²) in [6, 6.07) is 1.55. The molecule has 9 heteroatoms. The fourth-order valence-electron chi connectivity index (χ4n) is 3.89. The van der Waals surface area contributed by atoms with Gasteiger partial charge in [-0.2, -0.15) is 5.10 Å². The molecule has 4 rings (SSSR count). The molecule has 8 nitrogen and oxygen atoms in total. The van der Waals surface area contributed by atoms with E-state index in [1.54, 1.807) is 12.3 Å². The monoisotopic (exact) mass is 403 g/mol. The van der Waals surface area contributed by atoms with E-state index in [9.17, 15) is 9.59 Å². The summed E-state index contributed by atoms with van der Waals surface area (Å²) < 4.78 is 6.90. The molecule has 1 atom stereocenters. The van der Waals surface area contributed by atoms with E-state index < -0.39 is 0 Å². The molecule has 28 heavy (non-hydrogen) atoms. The number of thiazole rings is 1. The Labute approximate surface area is 167 Å². The molecule has 0 N–H and O–H groups in total. The molecule has 2 aliphatic heterocycles. The Morgan fingerprint density at radius 1 is 1.25 bits per heavy atom. The molecular formula is C19H25N5O3S. The number of anilines is 1. The topological polar surface area (TPSA) is 80.6 Å². The Hall–Kier alpha value is -2.26. The molecule has 2 saturated heterocycles. The number of hydrogen-bond acceptors (Lipinski definition) is 7. The summed E-state index contributed by atoms with van der Waals surface area (Å²) in [6.45, 7) is 7.85. The number of amides is 1. The highest BCUT2D eigenvalue weighted by Crippen LogP contribution is 2.25. The summed E-state index contributed by atoms with van der Waals surface area (Å²) in [6.07, 6.45) is 3.45. The van der Waals surface area contributed by atoms with Gasteiger partial charge in [-0.15, -0.1) is 11.3 Å². The molecule has 2 aliphatic rings. The zero-order valence-corrected chi connectivity index (χ0v) is 17.1. The Bertz CT molecular complexity index is 919. The average Bonchev–Trinajstić information content (AvgIpc) is 3.06. The van der Waals surface area contributed by atoms with Crippen LogP contribution in [0.4, 0.5) is 5.69 Å². The minimum Gasteiger partial charge on any atom is -0.378 e. The fraction of sp³-hybridized carbons (Fsp3) is 0.579. The Morgan fingerprint density at radius 2 is 2.04 bits per heavy atom. The smallest absolute Gasteiger partial charge is 0.269 e. The van der Waals surface area contributed by atoms with Crippen molar-refractivity contribution in [2.75, 3.05) is 44.3 Å². The molecule has 0 aliphatic carbocycles. The van der Waals surface area contributed by atoms with Crippen molar-refractivity contribution in [1.82, 2.24) is 19.7 Å². The SMILES string of the molecule is Cc1nc(C)c(C(=O)N2CCC[C@H](n3ncc(N4CCOCC4)cc3=O)C2)s1. The quantitative estimate of drug-likeness (QED) is 0.775. The van der Waals surface area contributed by atoms with E-state index >= 15 is 0 Å². The Kier molecular flexibility index (Phi) is 5.45. The van der Waals surface area contributed by atoms with E-state index in [0.717, 1.165) is 42.3 Å². The van der Waals surface area contributed by atoms with Crippen LogP contribution < -0.4 is 10.5 Å². The second-order valence-corrected chi connectivity index (χ2v) is 8.49. The molecule has 150 valence electrons. The molecule has 0 spiro atoms. The number of aryl methyl sites for hydroxylation is 2. The number of ether oxygens (including phenoxy) is 1. The Balaban J connectivity index is 1.50. The first-order valence-corrected chi connectivity index (χ1v) is 10.5. The summed E-state index contributed by atoms with van der Waals surface area (Å²) in [5.74, 6) is 0.00536. The van der Waals surface area contributed by atoms with E-state index in [1.807, 2.05) is 18.7 Å². The number of likely N-dealkylation sites (tertiary alicyclic amines) is 1. The number of rotatable bonds is 3. The van der Waals surface area contributed by atoms with E-state index in [-0.39, 0.29) is 17.5 Å². The van der Waals surface area contributed by atoms with Crippen LogP contribution in [-0.2, 0) is 4.74 Å². The van der Waals surface area contributed by atoms with E-state index in [2.05, 4.69) is 15.0 Å². The predicted molar refractivity (Wildman–Crippen MR) is 107 cm³/mol. The Morgan fingerprint density at radius 3 is 2.71 bits per heavy atom. The minimum absolute atomic E-state index is 0.00536. The largest absolute Gasteiger partial charge is 0.378 e. The van der Waals surface area contributed by atoms with Gasteiger partial charge in [0.25, 0.3) is 11.5 Å². The van der Waals surface area contributed by atoms with Gasteiger partial charge in [-0.25, -0.2) is 9.67 Å². The highest BCUT2D eigenvalue weighted by atomic mass is 32.1. The molecule has 0 unspecified atom stereocenters. The van der Waals surface area contributed by atoms with Crippen molar-refractivity contribution in [2.45, 2.75) is 32.7 Å². The highest BCUT2D eigenvalue weighted by molar-refractivity contribution is 7.13. The first-order valence-electron chi connectivity index (χ1n) is 9.68. The molecule has 0 bridgehead atoms. The van der Waals surface area contributed by atoms with Crippen molar-refractivity contribution in [1.29, 1.82) is 0 Å². The van der Waals surface area contributed by atoms with Crippen LogP contribution in [-0.4, -0.2) is 65.0 Å². The van der Waals surface area contributed by atoms with Crippen LogP contribution in [0.1, 0.15) is 39.3 Å². The lowest BCUT2D eigenvalue weighted by atomic mass is 10.1. The zero-order chi connectivity index (χ0) is 19.7. The number of nitrogens with zero attached hydrogens (tertiary/aromatic N) is 5. The number of aromatic nitrogens is 3. The van der Waals surface area contributed by atoms with Gasteiger partial charge in [-0.3, -0.25) is 9.59 Å². The number of carbonyl (C=O) groups excluding carboxylic acids is 1. The highest BCUT2D eigenvalue weighted by Gasteiger charge is 2.29. The molecule has 0 aromatic carbocycles. The van der Waals surface area contributed by atoms with Crippen LogP contribution in [0.2, 0.25) is 0 Å². The van der Waals surface area contributed by atoms with Crippen molar-refractivity contribution < 1.29 is 9.53 Å². The maximum absolute atomic E-state index is 12.9. The third kappa shape index (κ3) is 3.81. The molecule has 2 aromatic rings. The van der Waals surface area contributed by atoms with Gasteiger partial charge in [0, 0.05) is 32.2 Å². The van der Waals surface area contributed by atoms with Crippen LogP contribution in [0.25, 0.3) is 0 Å². The molecule has 0 radical (unpaired) electrons. The summed E-state index contributed by atoms with van der Waals surface area (Å²) >= 11 is 1.43. The number of carbonyl (C=O) groups is 1. The number of piperidine rings is 1. The summed E-state index contributed by atoms with van der Waals surface area (Å²) in [5, 5.41) is 5.33. The van der Waals surface area contributed by atoms with E-state index in [4.69, 9.17) is 4.74 Å². The third-order valence-corrected chi connectivity index (χ3v) is 6.38. The fourth-order valence-corrected chi connectivity index (χ4v) is 4.78. The second-order valence-electron chi connectivity index (χ2n) is 7.29. The van der Waals surface area contributed by atoms with Gasteiger partial charge in [0.1, 0.15) is 4.88 Å². The van der Waals surface area contributed by atoms with Gasteiger partial charge in [-0.05, 0) is 26.7 Å². The lowest BCUT2D eigenvalue weighted by Crippen LogP contribution is -2.44. The van der Waals surface area contributed by atoms with Gasteiger partial charge < -0.3 is 14.5 Å². The molecule has 2 aromatic heterocycles. The maximum atomic E-state index is 12.9. The van der Waals surface area contributed by atoms with Crippen molar-refractivity contribution >= 4 is 22.9 Å². The molecule has 1 amide bonds. The van der Waals surface area contributed by atoms with E-state index in [1.165, 1.54) is 16.0 Å². The first-order chi connectivity index (χ1) is 13.5. The van der Waals surface area contributed by atoms with Crippen molar-refractivity contribution in [2.24, 2.45) is 0 Å². The maximum Gasteiger partial charge on any atom is 0.269 e. The average molecular weight is 404 g/mol. The van der Waals surface area contributed by atoms with Gasteiger partial charge >= 0.3 is 0 Å². The first kappa shape index (κ1) is 19.1. The van der Waals surface area contributed by atoms with Crippen molar-refractivity contribution in [3.8, 4) is 0 Å². The number of morpholine rings is 1. The summed E-state index contributed by atoms with van der Waals surface area (Å²) in [4.78, 5) is 34.7. The van der Waals surface area contributed by atoms with Gasteiger partial charge in [0.15, 0.2) is 0 Å². The van der Waals surface area contributed by atoms with Crippen LogP contribution in [0.15, 0.2) is 17.1 Å². The van der Waals surface area contributed by atoms with Crippen LogP contribution in [0.3, 0.4) is 0 Å². The van der Waals surface area contributed by atoms with Gasteiger partial charge in [0.05, 0.1) is 41.8 Å². The minimum atomic E-state index is -0.117. The molecule has 2 fully saturated rings. The van der Waals surface area contributed by atoms with Crippen molar-refractivity contribution in [3.63, 3.8) is 0 Å². The standard InChI is InChI=1S/C19H25N5O3S/c1-13-18(28-14(2)21-13)19(26)23-5-3-4-15(12-23)24-17(25)10-16(11-20-24)22-6-8-27-9-7-22/h10-11,15H,3-9,12H2,1-2H3/t15-/m0/s1. The van der Waals surface area contributed by atoms with Crippen LogP contribution in [0.5, 0.6) is 0 Å². The molecular weight excluding hydrogens is 378 g/mol. The van der Waals surface area contributed by atoms with Gasteiger partial charge in [-0.1, -0.05) is 0 Å². The normalized spacial score (nSPS) is 20.4. The summed E-state index contributed by atoms with van der Waals surface area (Å²) in [5.41, 5.74) is 1.50. The second kappa shape index (κ2) is 8.00. The van der Waals surface area contributed by atoms with Gasteiger partial charge in [0.2, 0.25) is 0 Å². The molecule has 0 saturated carbocycles. The third-order valence-electron chi connectivity index (χ3n) is 5.32. The van der Waals surface area contributed by atoms with Crippen LogP contribution >= 0.6 is 11.3 Å². The van der Waals surface area contributed by atoms with Crippen molar-refractivity contribution in [3.05, 3.63) is 38.2 Å². The zero-order valence-electron chi connectivity index (χ0n) is 16.3. The lowest BCUT2D eigenvalue weighted by Gasteiger charge is -2.33. The summed E-state index contributed by atoms with van der Waals surface area (Å²) in [7, 11) is 0. The molecule has 4 heterocycles.